The smallest absolute Gasteiger partial charge is 0.317 e. The van der Waals surface area contributed by atoms with Crippen molar-refractivity contribution in [2.24, 2.45) is 0 Å². The van der Waals surface area contributed by atoms with E-state index in [1.54, 1.807) is 24.3 Å². The normalized spacial score (nSPS) is 12.6. The molecule has 0 aliphatic rings. The van der Waals surface area contributed by atoms with E-state index in [2.05, 4.69) is 41.5 Å². The first-order chi connectivity index (χ1) is 10.2. The third kappa shape index (κ3) is 4.00. The average Bonchev–Trinajstić information content (AvgIpc) is 2.42. The molecule has 0 aliphatic carbocycles. The second-order valence-electron chi connectivity index (χ2n) is 6.63. The van der Waals surface area contributed by atoms with Gasteiger partial charge >= 0.3 is 5.97 Å². The van der Waals surface area contributed by atoms with Crippen LogP contribution in [-0.2, 0) is 9.22 Å². The summed E-state index contributed by atoms with van der Waals surface area (Å²) in [7, 11) is -2.21. The van der Waals surface area contributed by atoms with Crippen LogP contribution in [0.25, 0.3) is 6.08 Å². The van der Waals surface area contributed by atoms with Gasteiger partial charge in [0.1, 0.15) is 5.75 Å². The van der Waals surface area contributed by atoms with Crippen molar-refractivity contribution in [3.63, 3.8) is 0 Å². The number of phenolic OH excluding ortho intramolecular Hbond substituents is 1. The monoisotopic (exact) mass is 320 g/mol. The van der Waals surface area contributed by atoms with Crippen LogP contribution in [-0.4, -0.2) is 19.4 Å². The molecule has 0 saturated heterocycles. The highest BCUT2D eigenvalue weighted by molar-refractivity contribution is 6.79. The number of phenols is 1. The lowest BCUT2D eigenvalue weighted by atomic mass is 10.2. The van der Waals surface area contributed by atoms with E-state index in [0.717, 1.165) is 0 Å². The lowest BCUT2D eigenvalue weighted by molar-refractivity contribution is -0.130. The summed E-state index contributed by atoms with van der Waals surface area (Å²) in [6.45, 7) is 12.9. The molecule has 0 fully saturated rings. The first-order valence-corrected chi connectivity index (χ1v) is 10.0. The van der Waals surface area contributed by atoms with Crippen molar-refractivity contribution in [1.29, 1.82) is 0 Å². The summed E-state index contributed by atoms with van der Waals surface area (Å²) in [6, 6.07) is 6.93. The summed E-state index contributed by atoms with van der Waals surface area (Å²) in [6.07, 6.45) is 3.03. The van der Waals surface area contributed by atoms with Crippen LogP contribution in [0, 0.1) is 0 Å². The van der Waals surface area contributed by atoms with Gasteiger partial charge in [-0.3, -0.25) is 0 Å². The maximum Gasteiger partial charge on any atom is 0.317 e. The number of para-hydroxylation sites is 1. The zero-order valence-electron chi connectivity index (χ0n) is 14.5. The van der Waals surface area contributed by atoms with E-state index in [4.69, 9.17) is 4.43 Å². The maximum absolute atomic E-state index is 12.3. The second kappa shape index (κ2) is 7.63. The summed E-state index contributed by atoms with van der Waals surface area (Å²) in [4.78, 5) is 12.3. The van der Waals surface area contributed by atoms with Crippen LogP contribution in [0.1, 0.15) is 47.1 Å². The molecule has 0 radical (unpaired) electrons. The van der Waals surface area contributed by atoms with Gasteiger partial charge in [0.05, 0.1) is 0 Å². The van der Waals surface area contributed by atoms with Gasteiger partial charge < -0.3 is 9.53 Å². The van der Waals surface area contributed by atoms with Gasteiger partial charge in [-0.1, -0.05) is 59.7 Å². The molecule has 122 valence electrons. The first-order valence-electron chi connectivity index (χ1n) is 7.90. The molecule has 0 aliphatic heterocycles. The van der Waals surface area contributed by atoms with Crippen molar-refractivity contribution in [3.8, 4) is 5.75 Å². The van der Waals surface area contributed by atoms with E-state index in [-0.39, 0.29) is 11.7 Å². The standard InChI is InChI=1S/C18H28O3Si/c1-13(2)22(14(3)4,15(5)6)21-18(20)12-11-16-9-7-8-10-17(16)19/h7-15,19H,1-6H3/b12-11+. The predicted molar refractivity (Wildman–Crippen MR) is 94.3 cm³/mol. The second-order valence-corrected chi connectivity index (χ2v) is 12.0. The molecule has 1 aromatic carbocycles. The quantitative estimate of drug-likeness (QED) is 0.584. The molecular formula is C18H28O3Si. The van der Waals surface area contributed by atoms with Crippen molar-refractivity contribution in [2.75, 3.05) is 0 Å². The maximum atomic E-state index is 12.3. The minimum Gasteiger partial charge on any atom is -0.515 e. The molecule has 0 atom stereocenters. The molecule has 0 saturated carbocycles. The molecule has 0 heterocycles. The molecule has 0 amide bonds. The molecule has 22 heavy (non-hydrogen) atoms. The summed E-state index contributed by atoms with van der Waals surface area (Å²) in [5, 5.41) is 9.73. The molecular weight excluding hydrogens is 292 g/mol. The van der Waals surface area contributed by atoms with Crippen LogP contribution in [0.5, 0.6) is 5.75 Å². The molecule has 1 N–H and O–H groups in total. The fraction of sp³-hybridized carbons (Fsp3) is 0.500. The lowest BCUT2D eigenvalue weighted by Crippen LogP contribution is -2.49. The van der Waals surface area contributed by atoms with Crippen LogP contribution >= 0.6 is 0 Å². The van der Waals surface area contributed by atoms with Gasteiger partial charge in [-0.2, -0.15) is 0 Å². The van der Waals surface area contributed by atoms with Gasteiger partial charge in [-0.05, 0) is 28.8 Å². The van der Waals surface area contributed by atoms with Gasteiger partial charge in [0.15, 0.2) is 0 Å². The van der Waals surface area contributed by atoms with Crippen molar-refractivity contribution in [1.82, 2.24) is 0 Å². The summed E-state index contributed by atoms with van der Waals surface area (Å²) < 4.78 is 6.02. The fourth-order valence-corrected chi connectivity index (χ4v) is 8.47. The highest BCUT2D eigenvalue weighted by Crippen LogP contribution is 2.42. The van der Waals surface area contributed by atoms with Crippen molar-refractivity contribution in [2.45, 2.75) is 58.2 Å². The zero-order valence-corrected chi connectivity index (χ0v) is 15.5. The Hall–Kier alpha value is -1.55. The molecule has 0 spiro atoms. The van der Waals surface area contributed by atoms with Crippen LogP contribution in [0.2, 0.25) is 16.6 Å². The molecule has 0 unspecified atom stereocenters. The third-order valence-corrected chi connectivity index (χ3v) is 10.3. The van der Waals surface area contributed by atoms with Crippen LogP contribution in [0.15, 0.2) is 30.3 Å². The third-order valence-electron chi connectivity index (χ3n) is 4.32. The molecule has 4 heteroatoms. The Bertz CT molecular complexity index is 511. The van der Waals surface area contributed by atoms with E-state index in [1.165, 1.54) is 6.08 Å². The average molecular weight is 321 g/mol. The Morgan fingerprint density at radius 2 is 1.55 bits per heavy atom. The van der Waals surface area contributed by atoms with Gasteiger partial charge in [-0.25, -0.2) is 4.79 Å². The minimum atomic E-state index is -2.21. The van der Waals surface area contributed by atoms with E-state index in [9.17, 15) is 9.90 Å². The number of aromatic hydroxyl groups is 1. The lowest BCUT2D eigenvalue weighted by Gasteiger charge is -2.40. The van der Waals surface area contributed by atoms with Crippen LogP contribution < -0.4 is 0 Å². The summed E-state index contributed by atoms with van der Waals surface area (Å²) in [5.41, 5.74) is 1.69. The molecule has 1 rings (SSSR count). The first kappa shape index (κ1) is 18.5. The van der Waals surface area contributed by atoms with Crippen LogP contribution in [0.4, 0.5) is 0 Å². The summed E-state index contributed by atoms with van der Waals surface area (Å²) >= 11 is 0. The number of benzene rings is 1. The Balaban J connectivity index is 2.96. The largest absolute Gasteiger partial charge is 0.515 e. The number of hydrogen-bond acceptors (Lipinski definition) is 3. The van der Waals surface area contributed by atoms with Gasteiger partial charge in [0.2, 0.25) is 0 Å². The van der Waals surface area contributed by atoms with Gasteiger partial charge in [0, 0.05) is 11.6 Å². The molecule has 1 aromatic rings. The SMILES string of the molecule is CC(C)[Si](OC(=O)/C=C/c1ccccc1O)(C(C)C)C(C)C. The number of carbonyl (C=O) groups is 1. The fourth-order valence-electron chi connectivity index (χ4n) is 3.35. The van der Waals surface area contributed by atoms with E-state index >= 15 is 0 Å². The Morgan fingerprint density at radius 3 is 2.00 bits per heavy atom. The van der Waals surface area contributed by atoms with Gasteiger partial charge in [0.25, 0.3) is 8.32 Å². The van der Waals surface area contributed by atoms with Gasteiger partial charge in [-0.15, -0.1) is 0 Å². The van der Waals surface area contributed by atoms with E-state index < -0.39 is 8.32 Å². The highest BCUT2D eigenvalue weighted by Gasteiger charge is 2.47. The topological polar surface area (TPSA) is 46.5 Å². The highest BCUT2D eigenvalue weighted by atomic mass is 28.4. The Morgan fingerprint density at radius 1 is 1.05 bits per heavy atom. The molecule has 0 bridgehead atoms. The molecule has 3 nitrogen and oxygen atoms in total. The van der Waals surface area contributed by atoms with Crippen LogP contribution in [0.3, 0.4) is 0 Å². The van der Waals surface area contributed by atoms with Crippen molar-refractivity contribution >= 4 is 20.4 Å². The van der Waals surface area contributed by atoms with Crippen molar-refractivity contribution < 1.29 is 14.3 Å². The zero-order chi connectivity index (χ0) is 16.9. The van der Waals surface area contributed by atoms with Crippen molar-refractivity contribution in [3.05, 3.63) is 35.9 Å². The van der Waals surface area contributed by atoms with E-state index in [0.29, 0.717) is 22.2 Å². The minimum absolute atomic E-state index is 0.159. The molecule has 0 aromatic heterocycles. The predicted octanol–water partition coefficient (Wildman–Crippen LogP) is 5.12. The Kier molecular flexibility index (Phi) is 6.42. The Labute approximate surface area is 135 Å². The summed E-state index contributed by atoms with van der Waals surface area (Å²) in [5.74, 6) is -0.155. The number of rotatable bonds is 6. The van der Waals surface area contributed by atoms with E-state index in [1.807, 2.05) is 6.07 Å². The number of hydrogen-bond donors (Lipinski definition) is 1. The number of carbonyl (C=O) groups excluding carboxylic acids is 1.